The van der Waals surface area contributed by atoms with Crippen LogP contribution in [-0.2, 0) is 11.3 Å². The van der Waals surface area contributed by atoms with Crippen molar-refractivity contribution in [3.8, 4) is 17.1 Å². The molecule has 8 nitrogen and oxygen atoms in total. The lowest BCUT2D eigenvalue weighted by molar-refractivity contribution is -0.384. The number of nitro benzene ring substituents is 1. The topological polar surface area (TPSA) is 103 Å². The zero-order chi connectivity index (χ0) is 22.8. The van der Waals surface area contributed by atoms with Gasteiger partial charge in [0.15, 0.2) is 0 Å². The van der Waals surface area contributed by atoms with Gasteiger partial charge in [-0.2, -0.15) is 0 Å². The number of ether oxygens (including phenoxy) is 1. The number of carbonyl (C=O) groups excluding carboxylic acids is 2. The van der Waals surface area contributed by atoms with Crippen LogP contribution in [0.25, 0.3) is 17.4 Å². The first-order chi connectivity index (χ1) is 15.4. The molecule has 32 heavy (non-hydrogen) atoms. The molecule has 1 aliphatic heterocycles. The first kappa shape index (κ1) is 21.3. The van der Waals surface area contributed by atoms with Crippen LogP contribution in [-0.4, -0.2) is 28.1 Å². The lowest BCUT2D eigenvalue weighted by Gasteiger charge is -2.12. The second-order valence-corrected chi connectivity index (χ2v) is 7.70. The molecule has 10 heteroatoms. The van der Waals surface area contributed by atoms with Gasteiger partial charge in [0, 0.05) is 23.8 Å². The SMILES string of the molecule is COc1ccc([N+](=O)[O-])cc1-c1ccc(/C=C2\SC(=O)N(Cc3ccccc3F)C2=O)o1. The highest BCUT2D eigenvalue weighted by Crippen LogP contribution is 2.37. The number of rotatable bonds is 6. The van der Waals surface area contributed by atoms with Gasteiger partial charge in [0.05, 0.1) is 29.0 Å². The molecule has 4 rings (SSSR count). The van der Waals surface area contributed by atoms with E-state index < -0.39 is 21.9 Å². The Balaban J connectivity index is 1.59. The number of amides is 2. The van der Waals surface area contributed by atoms with Crippen LogP contribution < -0.4 is 4.74 Å². The van der Waals surface area contributed by atoms with E-state index in [4.69, 9.17) is 9.15 Å². The third kappa shape index (κ3) is 4.12. The maximum atomic E-state index is 13.9. The second-order valence-electron chi connectivity index (χ2n) is 6.70. The quantitative estimate of drug-likeness (QED) is 0.285. The van der Waals surface area contributed by atoms with Gasteiger partial charge in [0.1, 0.15) is 23.1 Å². The summed E-state index contributed by atoms with van der Waals surface area (Å²) >= 11 is 0.723. The molecule has 0 radical (unpaired) electrons. The minimum Gasteiger partial charge on any atom is -0.496 e. The number of furan rings is 1. The third-order valence-corrected chi connectivity index (χ3v) is 5.63. The number of hydrogen-bond donors (Lipinski definition) is 0. The van der Waals surface area contributed by atoms with E-state index in [1.165, 1.54) is 49.6 Å². The molecule has 3 aromatic rings. The number of benzene rings is 2. The molecule has 0 N–H and O–H groups in total. The van der Waals surface area contributed by atoms with Crippen molar-refractivity contribution in [1.29, 1.82) is 0 Å². The van der Waals surface area contributed by atoms with Crippen molar-refractivity contribution in [2.45, 2.75) is 6.54 Å². The van der Waals surface area contributed by atoms with E-state index in [0.29, 0.717) is 17.1 Å². The first-order valence-corrected chi connectivity index (χ1v) is 10.1. The van der Waals surface area contributed by atoms with Gasteiger partial charge in [-0.1, -0.05) is 18.2 Å². The van der Waals surface area contributed by atoms with Crippen molar-refractivity contribution in [3.05, 3.63) is 86.8 Å². The van der Waals surface area contributed by atoms with E-state index >= 15 is 0 Å². The largest absolute Gasteiger partial charge is 0.496 e. The third-order valence-electron chi connectivity index (χ3n) is 4.72. The van der Waals surface area contributed by atoms with Crippen LogP contribution in [0.3, 0.4) is 0 Å². The van der Waals surface area contributed by atoms with Gasteiger partial charge < -0.3 is 9.15 Å². The van der Waals surface area contributed by atoms with Gasteiger partial charge >= 0.3 is 0 Å². The summed E-state index contributed by atoms with van der Waals surface area (Å²) in [5, 5.41) is 10.6. The van der Waals surface area contributed by atoms with Gasteiger partial charge in [-0.3, -0.25) is 24.6 Å². The summed E-state index contributed by atoms with van der Waals surface area (Å²) in [5.41, 5.74) is 0.469. The minimum absolute atomic E-state index is 0.123. The Labute approximate surface area is 185 Å². The van der Waals surface area contributed by atoms with Gasteiger partial charge in [-0.15, -0.1) is 0 Å². The molecule has 1 saturated heterocycles. The molecule has 0 spiro atoms. The molecule has 2 amide bonds. The van der Waals surface area contributed by atoms with Gasteiger partial charge in [0.25, 0.3) is 16.8 Å². The normalized spacial score (nSPS) is 14.9. The van der Waals surface area contributed by atoms with Crippen molar-refractivity contribution in [1.82, 2.24) is 4.90 Å². The number of nitrogens with zero attached hydrogens (tertiary/aromatic N) is 2. The molecule has 0 atom stereocenters. The molecule has 1 aromatic heterocycles. The van der Waals surface area contributed by atoms with Crippen molar-refractivity contribution in [2.75, 3.05) is 7.11 Å². The van der Waals surface area contributed by atoms with Crippen LogP contribution in [0.1, 0.15) is 11.3 Å². The van der Waals surface area contributed by atoms with E-state index in [0.717, 1.165) is 16.7 Å². The Bertz CT molecular complexity index is 1270. The predicted octanol–water partition coefficient (Wildman–Crippen LogP) is 5.24. The Kier molecular flexibility index (Phi) is 5.78. The lowest BCUT2D eigenvalue weighted by atomic mass is 10.1. The molecule has 0 bridgehead atoms. The highest BCUT2D eigenvalue weighted by Gasteiger charge is 2.35. The van der Waals surface area contributed by atoms with Crippen LogP contribution >= 0.6 is 11.8 Å². The van der Waals surface area contributed by atoms with Gasteiger partial charge in [-0.25, -0.2) is 4.39 Å². The van der Waals surface area contributed by atoms with Crippen molar-refractivity contribution in [2.24, 2.45) is 0 Å². The molecule has 1 fully saturated rings. The van der Waals surface area contributed by atoms with Crippen LogP contribution in [0.5, 0.6) is 5.75 Å². The first-order valence-electron chi connectivity index (χ1n) is 9.29. The molecular weight excluding hydrogens is 439 g/mol. The van der Waals surface area contributed by atoms with Crippen molar-refractivity contribution in [3.63, 3.8) is 0 Å². The van der Waals surface area contributed by atoms with Crippen LogP contribution in [0, 0.1) is 15.9 Å². The monoisotopic (exact) mass is 454 g/mol. The molecule has 1 aliphatic rings. The standard InChI is InChI=1S/C22H15FN2O6S/c1-30-18-8-6-14(25(28)29)10-16(18)19-9-7-15(31-19)11-20-21(26)24(22(27)32-20)12-13-4-2-3-5-17(13)23/h2-11H,12H2,1H3/b20-11-. The van der Waals surface area contributed by atoms with Crippen molar-refractivity contribution >= 4 is 34.7 Å². The Morgan fingerprint density at radius 1 is 1.19 bits per heavy atom. The van der Waals surface area contributed by atoms with Crippen LogP contribution in [0.4, 0.5) is 14.9 Å². The minimum atomic E-state index is -0.561. The number of imide groups is 1. The van der Waals surface area contributed by atoms with Gasteiger partial charge in [-0.05, 0) is 36.0 Å². The smallest absolute Gasteiger partial charge is 0.293 e. The summed E-state index contributed by atoms with van der Waals surface area (Å²) < 4.78 is 24.9. The summed E-state index contributed by atoms with van der Waals surface area (Å²) in [6.07, 6.45) is 1.40. The average Bonchev–Trinajstić information content (AvgIpc) is 3.35. The molecule has 2 heterocycles. The Hall–Kier alpha value is -3.92. The Morgan fingerprint density at radius 2 is 1.97 bits per heavy atom. The molecule has 0 aliphatic carbocycles. The van der Waals surface area contributed by atoms with Crippen molar-refractivity contribution < 1.29 is 28.1 Å². The zero-order valence-electron chi connectivity index (χ0n) is 16.6. The fraction of sp³-hybridized carbons (Fsp3) is 0.0909. The summed E-state index contributed by atoms with van der Waals surface area (Å²) in [6.45, 7) is -0.178. The van der Waals surface area contributed by atoms with E-state index in [1.807, 2.05) is 0 Å². The summed E-state index contributed by atoms with van der Waals surface area (Å²) in [6, 6.07) is 13.2. The van der Waals surface area contributed by atoms with E-state index in [1.54, 1.807) is 18.2 Å². The highest BCUT2D eigenvalue weighted by atomic mass is 32.2. The lowest BCUT2D eigenvalue weighted by Crippen LogP contribution is -2.27. The number of non-ortho nitro benzene ring substituents is 1. The maximum Gasteiger partial charge on any atom is 0.293 e. The zero-order valence-corrected chi connectivity index (χ0v) is 17.4. The average molecular weight is 454 g/mol. The van der Waals surface area contributed by atoms with Gasteiger partial charge in [0.2, 0.25) is 0 Å². The number of nitro groups is 1. The second kappa shape index (κ2) is 8.67. The fourth-order valence-electron chi connectivity index (χ4n) is 3.14. The highest BCUT2D eigenvalue weighted by molar-refractivity contribution is 8.18. The molecule has 0 unspecified atom stereocenters. The van der Waals surface area contributed by atoms with E-state index in [-0.39, 0.29) is 28.5 Å². The molecule has 162 valence electrons. The maximum absolute atomic E-state index is 13.9. The van der Waals surface area contributed by atoms with E-state index in [2.05, 4.69) is 0 Å². The predicted molar refractivity (Wildman–Crippen MR) is 115 cm³/mol. The molecular formula is C22H15FN2O6S. The van der Waals surface area contributed by atoms with Crippen LogP contribution in [0.2, 0.25) is 0 Å². The van der Waals surface area contributed by atoms with Crippen LogP contribution in [0.15, 0.2) is 63.9 Å². The Morgan fingerprint density at radius 3 is 2.69 bits per heavy atom. The molecule has 0 saturated carbocycles. The fourth-order valence-corrected chi connectivity index (χ4v) is 3.96. The number of methoxy groups -OCH3 is 1. The number of halogens is 1. The number of carbonyl (C=O) groups is 2. The number of hydrogen-bond acceptors (Lipinski definition) is 7. The number of thioether (sulfide) groups is 1. The molecule has 2 aromatic carbocycles. The summed E-state index contributed by atoms with van der Waals surface area (Å²) in [7, 11) is 1.43. The summed E-state index contributed by atoms with van der Waals surface area (Å²) in [4.78, 5) is 36.6. The summed E-state index contributed by atoms with van der Waals surface area (Å²) in [5.74, 6) is -0.125. The van der Waals surface area contributed by atoms with E-state index in [9.17, 15) is 24.1 Å².